The Balaban J connectivity index is 1.25. The third-order valence-electron chi connectivity index (χ3n) is 5.80. The zero-order valence-corrected chi connectivity index (χ0v) is 19.1. The Morgan fingerprint density at radius 3 is 2.32 bits per heavy atom. The smallest absolute Gasteiger partial charge is 0.314 e. The number of aromatic amines is 2. The summed E-state index contributed by atoms with van der Waals surface area (Å²) in [4.78, 5) is 34.5. The minimum Gasteiger partial charge on any atom is -0.338 e. The summed E-state index contributed by atoms with van der Waals surface area (Å²) in [7, 11) is -3.77. The van der Waals surface area contributed by atoms with Crippen LogP contribution >= 0.6 is 0 Å². The largest absolute Gasteiger partial charge is 0.338 e. The van der Waals surface area contributed by atoms with Crippen LogP contribution in [0.1, 0.15) is 11.5 Å². The molecular formula is C22H22N6O5S. The van der Waals surface area contributed by atoms with Gasteiger partial charge in [0.05, 0.1) is 22.5 Å². The molecular weight excluding hydrogens is 460 g/mol. The fourth-order valence-electron chi connectivity index (χ4n) is 3.86. The number of H-pyrrole nitrogens is 2. The van der Waals surface area contributed by atoms with Gasteiger partial charge in [-0.1, -0.05) is 35.0 Å². The fourth-order valence-corrected chi connectivity index (χ4v) is 5.31. The molecule has 1 aliphatic heterocycles. The van der Waals surface area contributed by atoms with Crippen LogP contribution in [-0.2, 0) is 16.6 Å². The lowest BCUT2D eigenvalue weighted by atomic mass is 10.1. The first-order valence-corrected chi connectivity index (χ1v) is 12.1. The molecule has 2 aromatic heterocycles. The molecule has 0 spiro atoms. The highest BCUT2D eigenvalue weighted by Crippen LogP contribution is 2.21. The second kappa shape index (κ2) is 8.63. The molecule has 4 aromatic rings. The van der Waals surface area contributed by atoms with Gasteiger partial charge in [0.25, 0.3) is 0 Å². The molecule has 0 saturated carbocycles. The predicted molar refractivity (Wildman–Crippen MR) is 124 cm³/mol. The van der Waals surface area contributed by atoms with Gasteiger partial charge in [-0.15, -0.1) is 0 Å². The SMILES string of the molecule is Cc1ccc(-c2noc(CN3CCN(S(=O)(=O)c4ccc5[nH]c(=O)c(=O)[nH]c5c4)CC3)n2)cc1. The van der Waals surface area contributed by atoms with Crippen LogP contribution in [0.15, 0.2) is 61.5 Å². The second-order valence-electron chi connectivity index (χ2n) is 8.17. The summed E-state index contributed by atoms with van der Waals surface area (Å²) in [6, 6.07) is 12.1. The molecule has 0 bridgehead atoms. The highest BCUT2D eigenvalue weighted by molar-refractivity contribution is 7.89. The average molecular weight is 483 g/mol. The number of hydrogen-bond donors (Lipinski definition) is 2. The van der Waals surface area contributed by atoms with E-state index in [0.717, 1.165) is 11.1 Å². The Morgan fingerprint density at radius 1 is 0.941 bits per heavy atom. The van der Waals surface area contributed by atoms with Crippen LogP contribution in [0, 0.1) is 6.92 Å². The number of aromatic nitrogens is 4. The molecule has 0 radical (unpaired) electrons. The van der Waals surface area contributed by atoms with Crippen LogP contribution in [0.4, 0.5) is 0 Å². The van der Waals surface area contributed by atoms with Crippen molar-refractivity contribution in [3.8, 4) is 11.4 Å². The number of aryl methyl sites for hydroxylation is 1. The summed E-state index contributed by atoms with van der Waals surface area (Å²) in [6.45, 7) is 4.02. The lowest BCUT2D eigenvalue weighted by molar-refractivity contribution is 0.163. The van der Waals surface area contributed by atoms with E-state index in [1.807, 2.05) is 31.2 Å². The standard InChI is InChI=1S/C22H22N6O5S/c1-14-2-4-15(5-3-14)20-25-19(33-26-20)13-27-8-10-28(11-9-27)34(31,32)16-6-7-17-18(12-16)24-22(30)21(29)23-17/h2-7,12H,8-11,13H2,1H3,(H,23,29)(H,24,30). The molecule has 12 heteroatoms. The first kappa shape index (κ1) is 22.2. The Hall–Kier alpha value is -3.61. The number of benzene rings is 2. The van der Waals surface area contributed by atoms with E-state index < -0.39 is 21.1 Å². The van der Waals surface area contributed by atoms with Crippen molar-refractivity contribution < 1.29 is 12.9 Å². The minimum atomic E-state index is -3.77. The molecule has 1 fully saturated rings. The van der Waals surface area contributed by atoms with Crippen molar-refractivity contribution in [2.45, 2.75) is 18.4 Å². The summed E-state index contributed by atoms with van der Waals surface area (Å²) >= 11 is 0. The summed E-state index contributed by atoms with van der Waals surface area (Å²) in [6.07, 6.45) is 0. The summed E-state index contributed by atoms with van der Waals surface area (Å²) < 4.78 is 33.1. The number of nitrogens with zero attached hydrogens (tertiary/aromatic N) is 4. The van der Waals surface area contributed by atoms with Crippen LogP contribution in [0.5, 0.6) is 0 Å². The molecule has 3 heterocycles. The van der Waals surface area contributed by atoms with Gasteiger partial charge in [0.1, 0.15) is 0 Å². The Labute approximate surface area is 194 Å². The first-order chi connectivity index (χ1) is 16.3. The molecule has 34 heavy (non-hydrogen) atoms. The second-order valence-corrected chi connectivity index (χ2v) is 10.1. The molecule has 1 aliphatic rings. The maximum Gasteiger partial charge on any atom is 0.314 e. The van der Waals surface area contributed by atoms with Crippen molar-refractivity contribution in [3.05, 3.63) is 74.6 Å². The number of piperazine rings is 1. The lowest BCUT2D eigenvalue weighted by Gasteiger charge is -2.33. The predicted octanol–water partition coefficient (Wildman–Crippen LogP) is 1.08. The molecule has 2 N–H and O–H groups in total. The van der Waals surface area contributed by atoms with E-state index in [0.29, 0.717) is 50.0 Å². The Bertz CT molecular complexity index is 1560. The van der Waals surface area contributed by atoms with Gasteiger partial charge in [-0.25, -0.2) is 8.42 Å². The zero-order valence-electron chi connectivity index (χ0n) is 18.3. The van der Waals surface area contributed by atoms with E-state index in [9.17, 15) is 18.0 Å². The van der Waals surface area contributed by atoms with Crippen molar-refractivity contribution in [2.24, 2.45) is 0 Å². The topological polar surface area (TPSA) is 145 Å². The molecule has 0 atom stereocenters. The van der Waals surface area contributed by atoms with Gasteiger partial charge in [-0.2, -0.15) is 9.29 Å². The monoisotopic (exact) mass is 482 g/mol. The third-order valence-corrected chi connectivity index (χ3v) is 7.69. The van der Waals surface area contributed by atoms with Crippen molar-refractivity contribution >= 4 is 21.1 Å². The normalized spacial score (nSPS) is 15.7. The van der Waals surface area contributed by atoms with Crippen molar-refractivity contribution in [2.75, 3.05) is 26.2 Å². The molecule has 2 aromatic carbocycles. The van der Waals surface area contributed by atoms with Gasteiger partial charge < -0.3 is 14.5 Å². The highest BCUT2D eigenvalue weighted by Gasteiger charge is 2.29. The van der Waals surface area contributed by atoms with Crippen LogP contribution in [0.2, 0.25) is 0 Å². The number of hydrogen-bond acceptors (Lipinski definition) is 8. The van der Waals surface area contributed by atoms with E-state index in [1.54, 1.807) is 0 Å². The highest BCUT2D eigenvalue weighted by atomic mass is 32.2. The number of sulfonamides is 1. The summed E-state index contributed by atoms with van der Waals surface area (Å²) in [5.74, 6) is 0.992. The van der Waals surface area contributed by atoms with Gasteiger partial charge in [0.15, 0.2) is 0 Å². The Morgan fingerprint density at radius 2 is 1.62 bits per heavy atom. The lowest BCUT2D eigenvalue weighted by Crippen LogP contribution is -2.48. The van der Waals surface area contributed by atoms with Gasteiger partial charge in [-0.05, 0) is 25.1 Å². The van der Waals surface area contributed by atoms with Gasteiger partial charge in [-0.3, -0.25) is 14.5 Å². The molecule has 0 aliphatic carbocycles. The van der Waals surface area contributed by atoms with E-state index in [1.165, 1.54) is 22.5 Å². The quantitative estimate of drug-likeness (QED) is 0.402. The van der Waals surface area contributed by atoms with Gasteiger partial charge in [0, 0.05) is 31.7 Å². The fraction of sp³-hybridized carbons (Fsp3) is 0.273. The molecule has 5 rings (SSSR count). The van der Waals surface area contributed by atoms with Crippen molar-refractivity contribution in [1.82, 2.24) is 29.3 Å². The zero-order chi connectivity index (χ0) is 23.9. The number of nitrogens with one attached hydrogen (secondary N) is 2. The average Bonchev–Trinajstić information content (AvgIpc) is 3.29. The molecule has 1 saturated heterocycles. The summed E-state index contributed by atoms with van der Waals surface area (Å²) in [5, 5.41) is 4.05. The molecule has 0 amide bonds. The van der Waals surface area contributed by atoms with Crippen LogP contribution in [-0.4, -0.2) is 63.9 Å². The third kappa shape index (κ3) is 4.30. The van der Waals surface area contributed by atoms with Gasteiger partial charge in [0.2, 0.25) is 21.7 Å². The molecule has 176 valence electrons. The molecule has 0 unspecified atom stereocenters. The van der Waals surface area contributed by atoms with E-state index in [2.05, 4.69) is 25.0 Å². The van der Waals surface area contributed by atoms with Crippen molar-refractivity contribution in [1.29, 1.82) is 0 Å². The molecule has 11 nitrogen and oxygen atoms in total. The minimum absolute atomic E-state index is 0.0517. The van der Waals surface area contributed by atoms with E-state index in [4.69, 9.17) is 4.52 Å². The van der Waals surface area contributed by atoms with Crippen LogP contribution < -0.4 is 11.1 Å². The first-order valence-electron chi connectivity index (χ1n) is 10.7. The number of fused-ring (bicyclic) bond motifs is 1. The summed E-state index contributed by atoms with van der Waals surface area (Å²) in [5.41, 5.74) is 1.02. The van der Waals surface area contributed by atoms with E-state index in [-0.39, 0.29) is 10.4 Å². The van der Waals surface area contributed by atoms with Crippen LogP contribution in [0.3, 0.4) is 0 Å². The maximum absolute atomic E-state index is 13.1. The number of rotatable bonds is 5. The maximum atomic E-state index is 13.1. The van der Waals surface area contributed by atoms with E-state index >= 15 is 0 Å². The van der Waals surface area contributed by atoms with Gasteiger partial charge >= 0.3 is 11.1 Å². The van der Waals surface area contributed by atoms with Crippen molar-refractivity contribution in [3.63, 3.8) is 0 Å². The van der Waals surface area contributed by atoms with Crippen LogP contribution in [0.25, 0.3) is 22.4 Å². The Kier molecular flexibility index (Phi) is 5.63.